The summed E-state index contributed by atoms with van der Waals surface area (Å²) in [7, 11) is 1.82. The van der Waals surface area contributed by atoms with Crippen molar-refractivity contribution in [3.05, 3.63) is 52.1 Å². The number of nitrogens with one attached hydrogen (secondary N) is 2. The molecular weight excluding hydrogens is 430 g/mol. The molecule has 0 bridgehead atoms. The van der Waals surface area contributed by atoms with Crippen molar-refractivity contribution in [2.24, 2.45) is 10.9 Å². The molecule has 1 saturated heterocycles. The van der Waals surface area contributed by atoms with Crippen molar-refractivity contribution in [3.63, 3.8) is 0 Å². The van der Waals surface area contributed by atoms with Gasteiger partial charge in [-0.2, -0.15) is 0 Å². The second-order valence-electron chi connectivity index (χ2n) is 9.33. The Hall–Kier alpha value is -1.91. The Morgan fingerprint density at radius 2 is 2.12 bits per heavy atom. The van der Waals surface area contributed by atoms with Crippen LogP contribution in [0, 0.1) is 5.92 Å². The second kappa shape index (κ2) is 13.7. The molecule has 5 heteroatoms. The molecule has 1 aromatic carbocycles. The molecule has 1 aromatic rings. The monoisotopic (exact) mass is 469 g/mol. The molecule has 1 fully saturated rings. The van der Waals surface area contributed by atoms with E-state index < -0.39 is 0 Å². The number of carbonyl (C=O) groups excluding carboxylic acids is 1. The highest BCUT2D eigenvalue weighted by atomic mass is 35.5. The summed E-state index contributed by atoms with van der Waals surface area (Å²) in [6, 6.07) is 6.79. The Morgan fingerprint density at radius 3 is 2.91 bits per heavy atom. The SMILES string of the molecule is CN=CC/C=C/C1CCNCC1c1ccc(C2=C(CCCNC(C)=O)CCCCC2)cc1Cl. The van der Waals surface area contributed by atoms with Crippen LogP contribution in [0.25, 0.3) is 5.57 Å². The van der Waals surface area contributed by atoms with Gasteiger partial charge in [0, 0.05) is 50.6 Å². The first kappa shape index (κ1) is 25.7. The number of benzene rings is 1. The standard InChI is InChI=1S/C28H40ClN3O/c1-21(33)32-17-8-11-22-9-4-3-5-12-25(22)24-13-14-26(28(29)19-24)27-20-31-18-15-23(27)10-6-7-16-30-2/h6,10,13-14,16,19,23,27,31H,3-5,7-9,11-12,15,17-18,20H2,1-2H3,(H,32,33)/b10-6+,30-16?. The van der Waals surface area contributed by atoms with Crippen LogP contribution in [-0.2, 0) is 4.79 Å². The van der Waals surface area contributed by atoms with Crippen LogP contribution >= 0.6 is 11.6 Å². The molecule has 2 N–H and O–H groups in total. The number of carbonyl (C=O) groups is 1. The van der Waals surface area contributed by atoms with E-state index in [1.54, 1.807) is 12.5 Å². The number of rotatable bonds is 9. The third-order valence-corrected chi connectivity index (χ3v) is 7.28. The lowest BCUT2D eigenvalue weighted by Gasteiger charge is -2.31. The van der Waals surface area contributed by atoms with E-state index in [1.807, 2.05) is 13.3 Å². The van der Waals surface area contributed by atoms with Crippen LogP contribution < -0.4 is 10.6 Å². The van der Waals surface area contributed by atoms with Gasteiger partial charge in [-0.25, -0.2) is 0 Å². The summed E-state index contributed by atoms with van der Waals surface area (Å²) in [5.74, 6) is 0.952. The fourth-order valence-electron chi connectivity index (χ4n) is 5.22. The fourth-order valence-corrected chi connectivity index (χ4v) is 5.54. The van der Waals surface area contributed by atoms with Crippen molar-refractivity contribution >= 4 is 29.3 Å². The van der Waals surface area contributed by atoms with Crippen LogP contribution in [0.2, 0.25) is 5.02 Å². The van der Waals surface area contributed by atoms with Gasteiger partial charge in [-0.15, -0.1) is 0 Å². The predicted octanol–water partition coefficient (Wildman–Crippen LogP) is 6.31. The van der Waals surface area contributed by atoms with Gasteiger partial charge in [-0.1, -0.05) is 47.9 Å². The minimum absolute atomic E-state index is 0.0521. The summed E-state index contributed by atoms with van der Waals surface area (Å²) in [6.07, 6.45) is 16.7. The molecule has 0 spiro atoms. The van der Waals surface area contributed by atoms with Crippen molar-refractivity contribution in [2.75, 3.05) is 26.7 Å². The first-order valence-corrected chi connectivity index (χ1v) is 13.0. The molecular formula is C28H40ClN3O. The van der Waals surface area contributed by atoms with E-state index >= 15 is 0 Å². The predicted molar refractivity (Wildman–Crippen MR) is 141 cm³/mol. The fraction of sp³-hybridized carbons (Fsp3) is 0.571. The zero-order valence-electron chi connectivity index (χ0n) is 20.3. The smallest absolute Gasteiger partial charge is 0.216 e. The molecule has 1 aliphatic heterocycles. The number of halogens is 1. The van der Waals surface area contributed by atoms with Gasteiger partial charge in [0.2, 0.25) is 5.91 Å². The molecule has 33 heavy (non-hydrogen) atoms. The molecule has 0 saturated carbocycles. The van der Waals surface area contributed by atoms with E-state index in [0.29, 0.717) is 11.8 Å². The van der Waals surface area contributed by atoms with Crippen molar-refractivity contribution in [2.45, 2.75) is 70.6 Å². The van der Waals surface area contributed by atoms with Crippen molar-refractivity contribution in [1.29, 1.82) is 0 Å². The van der Waals surface area contributed by atoms with Crippen LogP contribution in [-0.4, -0.2) is 38.8 Å². The van der Waals surface area contributed by atoms with E-state index in [4.69, 9.17) is 11.6 Å². The van der Waals surface area contributed by atoms with E-state index in [9.17, 15) is 4.79 Å². The third kappa shape index (κ3) is 7.82. The minimum Gasteiger partial charge on any atom is -0.356 e. The van der Waals surface area contributed by atoms with Gasteiger partial charge >= 0.3 is 0 Å². The number of piperidine rings is 1. The van der Waals surface area contributed by atoms with Crippen LogP contribution in [0.3, 0.4) is 0 Å². The highest BCUT2D eigenvalue weighted by Crippen LogP contribution is 2.39. The van der Waals surface area contributed by atoms with Crippen LogP contribution in [0.4, 0.5) is 0 Å². The molecule has 1 aliphatic carbocycles. The molecule has 2 unspecified atom stereocenters. The molecule has 1 amide bonds. The third-order valence-electron chi connectivity index (χ3n) is 6.95. The lowest BCUT2D eigenvalue weighted by molar-refractivity contribution is -0.118. The summed E-state index contributed by atoms with van der Waals surface area (Å²) >= 11 is 6.94. The molecule has 2 aliphatic rings. The first-order valence-electron chi connectivity index (χ1n) is 12.6. The average molecular weight is 470 g/mol. The molecule has 2 atom stereocenters. The van der Waals surface area contributed by atoms with Crippen LogP contribution in [0.1, 0.15) is 81.8 Å². The summed E-state index contributed by atoms with van der Waals surface area (Å²) in [4.78, 5) is 15.3. The zero-order valence-corrected chi connectivity index (χ0v) is 21.1. The number of nitrogens with zero attached hydrogens (tertiary/aromatic N) is 1. The number of amides is 1. The van der Waals surface area contributed by atoms with Gasteiger partial charge in [0.25, 0.3) is 0 Å². The van der Waals surface area contributed by atoms with Gasteiger partial charge in [0.1, 0.15) is 0 Å². The topological polar surface area (TPSA) is 53.5 Å². The molecule has 1 heterocycles. The average Bonchev–Trinajstić information content (AvgIpc) is 3.05. The van der Waals surface area contributed by atoms with Gasteiger partial charge < -0.3 is 15.6 Å². The summed E-state index contributed by atoms with van der Waals surface area (Å²) in [6.45, 7) is 4.35. The summed E-state index contributed by atoms with van der Waals surface area (Å²) in [5, 5.41) is 7.39. The highest BCUT2D eigenvalue weighted by Gasteiger charge is 2.26. The Bertz CT molecular complexity index is 874. The summed E-state index contributed by atoms with van der Waals surface area (Å²) in [5.41, 5.74) is 5.59. The van der Waals surface area contributed by atoms with E-state index in [-0.39, 0.29) is 5.91 Å². The van der Waals surface area contributed by atoms with Crippen molar-refractivity contribution in [1.82, 2.24) is 10.6 Å². The lowest BCUT2D eigenvalue weighted by atomic mass is 9.80. The molecule has 3 rings (SSSR count). The lowest BCUT2D eigenvalue weighted by Crippen LogP contribution is -2.34. The van der Waals surface area contributed by atoms with Crippen LogP contribution in [0.15, 0.2) is 40.9 Å². The minimum atomic E-state index is 0.0521. The maximum absolute atomic E-state index is 11.2. The van der Waals surface area contributed by atoms with Crippen molar-refractivity contribution in [3.8, 4) is 0 Å². The largest absolute Gasteiger partial charge is 0.356 e. The second-order valence-corrected chi connectivity index (χ2v) is 9.74. The molecule has 4 nitrogen and oxygen atoms in total. The molecule has 180 valence electrons. The van der Waals surface area contributed by atoms with E-state index in [1.165, 1.54) is 36.0 Å². The highest BCUT2D eigenvalue weighted by molar-refractivity contribution is 6.31. The Balaban J connectivity index is 1.79. The normalized spacial score (nSPS) is 22.2. The van der Waals surface area contributed by atoms with Crippen molar-refractivity contribution < 1.29 is 4.79 Å². The maximum Gasteiger partial charge on any atom is 0.216 e. The molecule has 0 aromatic heterocycles. The quantitative estimate of drug-likeness (QED) is 0.253. The number of aliphatic imine (C=N–C) groups is 1. The van der Waals surface area contributed by atoms with Gasteiger partial charge in [0.15, 0.2) is 0 Å². The zero-order chi connectivity index (χ0) is 23.5. The summed E-state index contributed by atoms with van der Waals surface area (Å²) < 4.78 is 0. The van der Waals surface area contributed by atoms with Gasteiger partial charge in [-0.05, 0) is 80.2 Å². The Morgan fingerprint density at radius 1 is 1.27 bits per heavy atom. The maximum atomic E-state index is 11.2. The van der Waals surface area contributed by atoms with Gasteiger partial charge in [0.05, 0.1) is 0 Å². The van der Waals surface area contributed by atoms with Crippen LogP contribution in [0.5, 0.6) is 0 Å². The van der Waals surface area contributed by atoms with E-state index in [0.717, 1.165) is 63.2 Å². The number of hydrogen-bond acceptors (Lipinski definition) is 3. The number of allylic oxidation sites excluding steroid dienone is 4. The van der Waals surface area contributed by atoms with Gasteiger partial charge in [-0.3, -0.25) is 4.79 Å². The van der Waals surface area contributed by atoms with E-state index in [2.05, 4.69) is 46.0 Å². The first-order chi connectivity index (χ1) is 16.1. The Kier molecular flexibility index (Phi) is 10.7. The Labute approximate surface area is 205 Å². The molecule has 0 radical (unpaired) electrons. The number of hydrogen-bond donors (Lipinski definition) is 2.